The Labute approximate surface area is 110 Å². The van der Waals surface area contributed by atoms with Crippen molar-refractivity contribution in [2.24, 2.45) is 0 Å². The van der Waals surface area contributed by atoms with Crippen molar-refractivity contribution in [2.75, 3.05) is 6.54 Å². The van der Waals surface area contributed by atoms with Gasteiger partial charge in [-0.05, 0) is 50.8 Å². The van der Waals surface area contributed by atoms with E-state index in [2.05, 4.69) is 18.8 Å². The lowest BCUT2D eigenvalue weighted by atomic mass is 9.99. The summed E-state index contributed by atoms with van der Waals surface area (Å²) in [5.74, 6) is -0.101. The van der Waals surface area contributed by atoms with Crippen molar-refractivity contribution in [3.05, 3.63) is 47.8 Å². The van der Waals surface area contributed by atoms with Gasteiger partial charge in [0.2, 0.25) is 0 Å². The van der Waals surface area contributed by atoms with Crippen LogP contribution in [-0.2, 0) is 6.42 Å². The largest absolute Gasteiger partial charge is 0.314 e. The molecule has 0 bridgehead atoms. The first-order chi connectivity index (χ1) is 8.63. The molecule has 0 fully saturated rings. The minimum absolute atomic E-state index is 0.101. The summed E-state index contributed by atoms with van der Waals surface area (Å²) in [6.45, 7) is 9.10. The molecule has 0 heterocycles. The molecular formula is C16H24FN. The van der Waals surface area contributed by atoms with Crippen LogP contribution in [0, 0.1) is 5.82 Å². The van der Waals surface area contributed by atoms with E-state index in [0.29, 0.717) is 6.04 Å². The van der Waals surface area contributed by atoms with Crippen molar-refractivity contribution < 1.29 is 4.39 Å². The summed E-state index contributed by atoms with van der Waals surface area (Å²) < 4.78 is 13.6. The minimum Gasteiger partial charge on any atom is -0.314 e. The molecule has 0 spiro atoms. The monoisotopic (exact) mass is 249 g/mol. The molecule has 1 nitrogen and oxygen atoms in total. The standard InChI is InChI=1S/C16H24FN/c1-4-11-18-15(10-9-13(2)3)12-14-7-5-6-8-16(14)17/h5-8,15,18H,2,4,9-12H2,1,3H3. The predicted molar refractivity (Wildman–Crippen MR) is 76.2 cm³/mol. The highest BCUT2D eigenvalue weighted by molar-refractivity contribution is 5.18. The molecule has 1 aromatic carbocycles. The molecule has 0 aromatic heterocycles. The van der Waals surface area contributed by atoms with E-state index in [9.17, 15) is 4.39 Å². The summed E-state index contributed by atoms with van der Waals surface area (Å²) in [6, 6.07) is 7.37. The van der Waals surface area contributed by atoms with Crippen LogP contribution < -0.4 is 5.32 Å². The lowest BCUT2D eigenvalue weighted by molar-refractivity contribution is 0.468. The highest BCUT2D eigenvalue weighted by atomic mass is 19.1. The summed E-state index contributed by atoms with van der Waals surface area (Å²) >= 11 is 0. The summed E-state index contributed by atoms with van der Waals surface area (Å²) in [4.78, 5) is 0. The van der Waals surface area contributed by atoms with E-state index in [0.717, 1.165) is 37.8 Å². The Hall–Kier alpha value is -1.15. The second-order valence-electron chi connectivity index (χ2n) is 4.94. The third-order valence-corrected chi connectivity index (χ3v) is 3.03. The fraction of sp³-hybridized carbons (Fsp3) is 0.500. The molecule has 0 saturated heterocycles. The van der Waals surface area contributed by atoms with Crippen LogP contribution in [0.1, 0.15) is 38.7 Å². The highest BCUT2D eigenvalue weighted by Crippen LogP contribution is 2.13. The number of halogens is 1. The van der Waals surface area contributed by atoms with Crippen molar-refractivity contribution in [2.45, 2.75) is 45.6 Å². The number of rotatable bonds is 8. The van der Waals surface area contributed by atoms with Crippen LogP contribution in [0.4, 0.5) is 4.39 Å². The van der Waals surface area contributed by atoms with E-state index in [-0.39, 0.29) is 5.82 Å². The van der Waals surface area contributed by atoms with Gasteiger partial charge in [0.05, 0.1) is 0 Å². The van der Waals surface area contributed by atoms with Crippen molar-refractivity contribution in [3.8, 4) is 0 Å². The van der Waals surface area contributed by atoms with Crippen molar-refractivity contribution in [1.29, 1.82) is 0 Å². The molecule has 0 aliphatic heterocycles. The Morgan fingerprint density at radius 1 is 1.39 bits per heavy atom. The van der Waals surface area contributed by atoms with Gasteiger partial charge in [-0.2, -0.15) is 0 Å². The van der Waals surface area contributed by atoms with Crippen LogP contribution in [0.2, 0.25) is 0 Å². The normalized spacial score (nSPS) is 12.4. The van der Waals surface area contributed by atoms with Gasteiger partial charge in [0.1, 0.15) is 5.82 Å². The van der Waals surface area contributed by atoms with E-state index < -0.39 is 0 Å². The lowest BCUT2D eigenvalue weighted by Crippen LogP contribution is -2.32. The van der Waals surface area contributed by atoms with Crippen LogP contribution in [0.15, 0.2) is 36.4 Å². The van der Waals surface area contributed by atoms with Gasteiger partial charge in [-0.1, -0.05) is 30.7 Å². The summed E-state index contributed by atoms with van der Waals surface area (Å²) in [7, 11) is 0. The molecule has 1 rings (SSSR count). The minimum atomic E-state index is -0.101. The Morgan fingerprint density at radius 2 is 2.11 bits per heavy atom. The van der Waals surface area contributed by atoms with Crippen LogP contribution in [0.3, 0.4) is 0 Å². The third kappa shape index (κ3) is 5.46. The quantitative estimate of drug-likeness (QED) is 0.684. The Bertz CT molecular complexity index is 373. The average molecular weight is 249 g/mol. The molecule has 0 aliphatic carbocycles. The van der Waals surface area contributed by atoms with Gasteiger partial charge in [-0.3, -0.25) is 0 Å². The molecule has 18 heavy (non-hydrogen) atoms. The van der Waals surface area contributed by atoms with Gasteiger partial charge in [0.25, 0.3) is 0 Å². The van der Waals surface area contributed by atoms with Gasteiger partial charge >= 0.3 is 0 Å². The Morgan fingerprint density at radius 3 is 2.72 bits per heavy atom. The molecule has 1 aromatic rings. The fourth-order valence-electron chi connectivity index (χ4n) is 1.97. The SMILES string of the molecule is C=C(C)CCC(Cc1ccccc1F)NCCC. The van der Waals surface area contributed by atoms with E-state index in [4.69, 9.17) is 0 Å². The zero-order valence-corrected chi connectivity index (χ0v) is 11.5. The van der Waals surface area contributed by atoms with Gasteiger partial charge < -0.3 is 5.32 Å². The molecule has 0 aliphatic rings. The van der Waals surface area contributed by atoms with E-state index in [1.165, 1.54) is 11.6 Å². The number of nitrogens with one attached hydrogen (secondary N) is 1. The number of hydrogen-bond donors (Lipinski definition) is 1. The molecule has 100 valence electrons. The summed E-state index contributed by atoms with van der Waals surface area (Å²) in [6.07, 6.45) is 3.86. The van der Waals surface area contributed by atoms with Crippen LogP contribution >= 0.6 is 0 Å². The van der Waals surface area contributed by atoms with Crippen LogP contribution in [-0.4, -0.2) is 12.6 Å². The molecule has 1 atom stereocenters. The zero-order chi connectivity index (χ0) is 13.4. The molecule has 0 amide bonds. The van der Waals surface area contributed by atoms with E-state index in [1.807, 2.05) is 19.1 Å². The first kappa shape index (κ1) is 14.9. The average Bonchev–Trinajstić information content (AvgIpc) is 2.35. The lowest BCUT2D eigenvalue weighted by Gasteiger charge is -2.19. The van der Waals surface area contributed by atoms with Crippen LogP contribution in [0.25, 0.3) is 0 Å². The zero-order valence-electron chi connectivity index (χ0n) is 11.5. The maximum absolute atomic E-state index is 13.6. The Balaban J connectivity index is 2.59. The molecular weight excluding hydrogens is 225 g/mol. The summed E-state index contributed by atoms with van der Waals surface area (Å²) in [5, 5.41) is 3.49. The van der Waals surface area contributed by atoms with Gasteiger partial charge in [-0.15, -0.1) is 6.58 Å². The van der Waals surface area contributed by atoms with Crippen molar-refractivity contribution in [1.82, 2.24) is 5.32 Å². The van der Waals surface area contributed by atoms with Gasteiger partial charge in [-0.25, -0.2) is 4.39 Å². The fourth-order valence-corrected chi connectivity index (χ4v) is 1.97. The third-order valence-electron chi connectivity index (χ3n) is 3.03. The maximum Gasteiger partial charge on any atom is 0.126 e. The molecule has 0 saturated carbocycles. The first-order valence-corrected chi connectivity index (χ1v) is 6.74. The maximum atomic E-state index is 13.6. The molecule has 2 heteroatoms. The number of allylic oxidation sites excluding steroid dienone is 1. The summed E-state index contributed by atoms with van der Waals surface area (Å²) in [5.41, 5.74) is 1.99. The van der Waals surface area contributed by atoms with E-state index >= 15 is 0 Å². The predicted octanol–water partition coefficient (Wildman–Crippen LogP) is 4.09. The molecule has 0 radical (unpaired) electrons. The van der Waals surface area contributed by atoms with Gasteiger partial charge in [0.15, 0.2) is 0 Å². The second-order valence-corrected chi connectivity index (χ2v) is 4.94. The topological polar surface area (TPSA) is 12.0 Å². The number of hydrogen-bond acceptors (Lipinski definition) is 1. The van der Waals surface area contributed by atoms with Crippen molar-refractivity contribution in [3.63, 3.8) is 0 Å². The van der Waals surface area contributed by atoms with E-state index in [1.54, 1.807) is 6.07 Å². The smallest absolute Gasteiger partial charge is 0.126 e. The van der Waals surface area contributed by atoms with Gasteiger partial charge in [0, 0.05) is 6.04 Å². The Kier molecular flexibility index (Phi) is 6.66. The van der Waals surface area contributed by atoms with Crippen LogP contribution in [0.5, 0.6) is 0 Å². The number of benzene rings is 1. The highest BCUT2D eigenvalue weighted by Gasteiger charge is 2.11. The second kappa shape index (κ2) is 8.04. The first-order valence-electron chi connectivity index (χ1n) is 6.74. The molecule has 1 N–H and O–H groups in total. The van der Waals surface area contributed by atoms with Crippen molar-refractivity contribution >= 4 is 0 Å². The molecule has 1 unspecified atom stereocenters.